The molecule has 64 valence electrons. The van der Waals surface area contributed by atoms with Gasteiger partial charge in [0.05, 0.1) is 5.60 Å². The van der Waals surface area contributed by atoms with Crippen molar-refractivity contribution in [3.05, 3.63) is 0 Å². The minimum absolute atomic E-state index is 0.0172. The predicted octanol–water partition coefficient (Wildman–Crippen LogP) is 1.15. The molecule has 0 saturated heterocycles. The SMILES string of the molecule is C#CCCC(N)C(C)(C)OC. The van der Waals surface area contributed by atoms with Crippen LogP contribution in [0.2, 0.25) is 0 Å². The maximum atomic E-state index is 5.83. The van der Waals surface area contributed by atoms with Gasteiger partial charge < -0.3 is 10.5 Å². The van der Waals surface area contributed by atoms with Crippen LogP contribution in [0.5, 0.6) is 0 Å². The third-order valence-electron chi connectivity index (χ3n) is 2.02. The van der Waals surface area contributed by atoms with Crippen molar-refractivity contribution < 1.29 is 4.74 Å². The Morgan fingerprint density at radius 3 is 2.55 bits per heavy atom. The summed E-state index contributed by atoms with van der Waals surface area (Å²) in [5.41, 5.74) is 5.56. The highest BCUT2D eigenvalue weighted by Gasteiger charge is 2.24. The summed E-state index contributed by atoms with van der Waals surface area (Å²) >= 11 is 0. The highest BCUT2D eigenvalue weighted by atomic mass is 16.5. The zero-order chi connectivity index (χ0) is 8.91. The Hall–Kier alpha value is -0.520. The standard InChI is InChI=1S/C9H17NO/c1-5-6-7-8(10)9(2,3)11-4/h1,8H,6-7,10H2,2-4H3. The van der Waals surface area contributed by atoms with Gasteiger partial charge in [-0.15, -0.1) is 12.3 Å². The molecule has 0 rings (SSSR count). The predicted molar refractivity (Wildman–Crippen MR) is 47.1 cm³/mol. The first-order valence-electron chi connectivity index (χ1n) is 3.78. The quantitative estimate of drug-likeness (QED) is 0.618. The second-order valence-corrected chi connectivity index (χ2v) is 3.16. The fraction of sp³-hybridized carbons (Fsp3) is 0.778. The molecule has 0 aliphatic rings. The number of hydrogen-bond donors (Lipinski definition) is 1. The van der Waals surface area contributed by atoms with Crippen molar-refractivity contribution in [2.24, 2.45) is 5.73 Å². The Bertz CT molecular complexity index is 146. The Labute approximate surface area is 69.1 Å². The van der Waals surface area contributed by atoms with Crippen molar-refractivity contribution in [3.63, 3.8) is 0 Å². The average Bonchev–Trinajstić information content (AvgIpc) is 2.00. The van der Waals surface area contributed by atoms with Crippen LogP contribution in [0.25, 0.3) is 0 Å². The molecule has 2 nitrogen and oxygen atoms in total. The minimum atomic E-state index is -0.267. The third-order valence-corrected chi connectivity index (χ3v) is 2.02. The van der Waals surface area contributed by atoms with Crippen molar-refractivity contribution in [2.75, 3.05) is 7.11 Å². The van der Waals surface area contributed by atoms with Crippen LogP contribution in [0.4, 0.5) is 0 Å². The van der Waals surface area contributed by atoms with Crippen LogP contribution in [0.3, 0.4) is 0 Å². The fourth-order valence-corrected chi connectivity index (χ4v) is 0.738. The topological polar surface area (TPSA) is 35.2 Å². The zero-order valence-corrected chi connectivity index (χ0v) is 7.55. The molecule has 0 aromatic rings. The van der Waals surface area contributed by atoms with E-state index in [4.69, 9.17) is 16.9 Å². The van der Waals surface area contributed by atoms with Crippen molar-refractivity contribution in [2.45, 2.75) is 38.3 Å². The molecule has 1 atom stereocenters. The van der Waals surface area contributed by atoms with E-state index in [1.54, 1.807) is 7.11 Å². The monoisotopic (exact) mass is 155 g/mol. The molecule has 0 fully saturated rings. The molecular weight excluding hydrogens is 138 g/mol. The summed E-state index contributed by atoms with van der Waals surface area (Å²) in [5.74, 6) is 2.56. The number of ether oxygens (including phenoxy) is 1. The molecule has 0 amide bonds. The third kappa shape index (κ3) is 3.41. The molecule has 0 saturated carbocycles. The van der Waals surface area contributed by atoms with Gasteiger partial charge in [-0.1, -0.05) is 0 Å². The van der Waals surface area contributed by atoms with E-state index < -0.39 is 0 Å². The summed E-state index contributed by atoms with van der Waals surface area (Å²) in [6.07, 6.45) is 6.65. The molecule has 0 aliphatic heterocycles. The van der Waals surface area contributed by atoms with Crippen LogP contribution in [0.1, 0.15) is 26.7 Å². The molecule has 0 aromatic heterocycles. The van der Waals surface area contributed by atoms with Gasteiger partial charge in [-0.2, -0.15) is 0 Å². The molecule has 2 heteroatoms. The molecule has 0 spiro atoms. The molecule has 1 unspecified atom stereocenters. The maximum absolute atomic E-state index is 5.83. The lowest BCUT2D eigenvalue weighted by Crippen LogP contribution is -2.44. The van der Waals surface area contributed by atoms with E-state index in [0.29, 0.717) is 6.42 Å². The van der Waals surface area contributed by atoms with E-state index in [1.165, 1.54) is 0 Å². The van der Waals surface area contributed by atoms with E-state index in [9.17, 15) is 0 Å². The van der Waals surface area contributed by atoms with E-state index >= 15 is 0 Å². The molecule has 0 radical (unpaired) electrons. The second-order valence-electron chi connectivity index (χ2n) is 3.16. The number of methoxy groups -OCH3 is 1. The molecule has 11 heavy (non-hydrogen) atoms. The maximum Gasteiger partial charge on any atom is 0.0773 e. The van der Waals surface area contributed by atoms with Crippen molar-refractivity contribution in [1.82, 2.24) is 0 Å². The van der Waals surface area contributed by atoms with Crippen LogP contribution in [0.15, 0.2) is 0 Å². The molecule has 0 aliphatic carbocycles. The summed E-state index contributed by atoms with van der Waals surface area (Å²) in [7, 11) is 1.66. The van der Waals surface area contributed by atoms with Crippen LogP contribution in [0, 0.1) is 12.3 Å². The van der Waals surface area contributed by atoms with Gasteiger partial charge in [-0.3, -0.25) is 0 Å². The Morgan fingerprint density at radius 1 is 1.64 bits per heavy atom. The fourth-order valence-electron chi connectivity index (χ4n) is 0.738. The first-order valence-corrected chi connectivity index (χ1v) is 3.78. The summed E-state index contributed by atoms with van der Waals surface area (Å²) in [6.45, 7) is 3.93. The van der Waals surface area contributed by atoms with Gasteiger partial charge in [-0.25, -0.2) is 0 Å². The van der Waals surface area contributed by atoms with Gasteiger partial charge in [0.25, 0.3) is 0 Å². The van der Waals surface area contributed by atoms with Crippen molar-refractivity contribution >= 4 is 0 Å². The summed E-state index contributed by atoms with van der Waals surface area (Å²) in [5, 5.41) is 0. The van der Waals surface area contributed by atoms with Crippen LogP contribution in [-0.2, 0) is 4.74 Å². The zero-order valence-electron chi connectivity index (χ0n) is 7.55. The highest BCUT2D eigenvalue weighted by Crippen LogP contribution is 2.15. The van der Waals surface area contributed by atoms with Gasteiger partial charge in [0.2, 0.25) is 0 Å². The number of terminal acetylenes is 1. The van der Waals surface area contributed by atoms with Gasteiger partial charge in [0, 0.05) is 19.6 Å². The normalized spacial score (nSPS) is 14.1. The van der Waals surface area contributed by atoms with E-state index in [-0.39, 0.29) is 11.6 Å². The summed E-state index contributed by atoms with van der Waals surface area (Å²) < 4.78 is 5.20. The minimum Gasteiger partial charge on any atom is -0.377 e. The van der Waals surface area contributed by atoms with E-state index in [2.05, 4.69) is 5.92 Å². The lowest BCUT2D eigenvalue weighted by Gasteiger charge is -2.29. The van der Waals surface area contributed by atoms with Crippen LogP contribution < -0.4 is 5.73 Å². The molecule has 0 heterocycles. The van der Waals surface area contributed by atoms with Gasteiger partial charge in [0.1, 0.15) is 0 Å². The largest absolute Gasteiger partial charge is 0.377 e. The lowest BCUT2D eigenvalue weighted by molar-refractivity contribution is -0.00103. The summed E-state index contributed by atoms with van der Waals surface area (Å²) in [6, 6.07) is 0.0172. The smallest absolute Gasteiger partial charge is 0.0773 e. The number of hydrogen-bond acceptors (Lipinski definition) is 2. The molecule has 0 aromatic carbocycles. The molecule has 0 bridgehead atoms. The average molecular weight is 155 g/mol. The van der Waals surface area contributed by atoms with E-state index in [0.717, 1.165) is 6.42 Å². The van der Waals surface area contributed by atoms with Crippen LogP contribution >= 0.6 is 0 Å². The molecule has 2 N–H and O–H groups in total. The Morgan fingerprint density at radius 2 is 2.18 bits per heavy atom. The Kier molecular flexibility index (Phi) is 4.17. The van der Waals surface area contributed by atoms with Gasteiger partial charge in [-0.05, 0) is 20.3 Å². The first-order chi connectivity index (χ1) is 5.04. The second kappa shape index (κ2) is 4.38. The Balaban J connectivity index is 3.83. The van der Waals surface area contributed by atoms with Crippen LogP contribution in [-0.4, -0.2) is 18.8 Å². The highest BCUT2D eigenvalue weighted by molar-refractivity contribution is 4.89. The van der Waals surface area contributed by atoms with E-state index in [1.807, 2.05) is 13.8 Å². The van der Waals surface area contributed by atoms with Gasteiger partial charge >= 0.3 is 0 Å². The lowest BCUT2D eigenvalue weighted by atomic mass is 9.95. The van der Waals surface area contributed by atoms with Crippen molar-refractivity contribution in [1.29, 1.82) is 0 Å². The first kappa shape index (κ1) is 10.5. The molecular formula is C9H17NO. The summed E-state index contributed by atoms with van der Waals surface area (Å²) in [4.78, 5) is 0. The van der Waals surface area contributed by atoms with Gasteiger partial charge in [0.15, 0.2) is 0 Å². The number of rotatable bonds is 4. The van der Waals surface area contributed by atoms with Crippen molar-refractivity contribution in [3.8, 4) is 12.3 Å². The number of nitrogens with two attached hydrogens (primary N) is 1.